The number of rotatable bonds is 3. The van der Waals surface area contributed by atoms with Crippen molar-refractivity contribution in [1.82, 2.24) is 14.9 Å². The molecule has 3 heterocycles. The van der Waals surface area contributed by atoms with Crippen LogP contribution in [0.5, 0.6) is 0 Å². The van der Waals surface area contributed by atoms with E-state index in [0.717, 1.165) is 11.3 Å². The van der Waals surface area contributed by atoms with Crippen LogP contribution in [0.15, 0.2) is 61.6 Å². The number of benzene rings is 1. The van der Waals surface area contributed by atoms with Crippen LogP contribution in [0.4, 0.5) is 0 Å². The predicted molar refractivity (Wildman–Crippen MR) is 104 cm³/mol. The lowest BCUT2D eigenvalue weighted by atomic mass is 9.84. The third-order valence-electron chi connectivity index (χ3n) is 4.76. The molecule has 1 aliphatic heterocycles. The fourth-order valence-corrected chi connectivity index (χ4v) is 4.72. The van der Waals surface area contributed by atoms with Crippen LogP contribution in [-0.2, 0) is 11.3 Å². The molecule has 0 fully saturated rings. The zero-order chi connectivity index (χ0) is 18.1. The van der Waals surface area contributed by atoms with Gasteiger partial charge in [-0.15, -0.1) is 11.3 Å². The highest BCUT2D eigenvalue weighted by Crippen LogP contribution is 2.41. The van der Waals surface area contributed by atoms with Gasteiger partial charge in [-0.2, -0.15) is 0 Å². The second kappa shape index (κ2) is 6.84. The SMILES string of the molecule is C=CC(=O)N1Cc2sc(C)cc2[C@@H](c2ccccc2-c2ccncn2)C1. The Morgan fingerprint density at radius 1 is 1.31 bits per heavy atom. The van der Waals surface area contributed by atoms with Gasteiger partial charge in [0.1, 0.15) is 6.33 Å². The number of carbonyl (C=O) groups is 1. The smallest absolute Gasteiger partial charge is 0.246 e. The van der Waals surface area contributed by atoms with Gasteiger partial charge in [0.2, 0.25) is 5.91 Å². The molecule has 0 saturated carbocycles. The third kappa shape index (κ3) is 2.95. The van der Waals surface area contributed by atoms with Gasteiger partial charge < -0.3 is 4.90 Å². The summed E-state index contributed by atoms with van der Waals surface area (Å²) in [5.41, 5.74) is 4.49. The topological polar surface area (TPSA) is 46.1 Å². The Bertz CT molecular complexity index is 964. The zero-order valence-corrected chi connectivity index (χ0v) is 15.4. The van der Waals surface area contributed by atoms with E-state index in [1.54, 1.807) is 23.9 Å². The Kier molecular flexibility index (Phi) is 4.39. The Morgan fingerprint density at radius 3 is 2.92 bits per heavy atom. The normalized spacial score (nSPS) is 16.2. The van der Waals surface area contributed by atoms with Gasteiger partial charge in [-0.05, 0) is 36.3 Å². The summed E-state index contributed by atoms with van der Waals surface area (Å²) in [6, 6.07) is 12.5. The Morgan fingerprint density at radius 2 is 2.15 bits per heavy atom. The minimum Gasteiger partial charge on any atom is -0.333 e. The number of hydrogen-bond acceptors (Lipinski definition) is 4. The first-order valence-electron chi connectivity index (χ1n) is 8.53. The molecule has 0 unspecified atom stereocenters. The molecule has 0 radical (unpaired) electrons. The molecule has 4 nitrogen and oxygen atoms in total. The van der Waals surface area contributed by atoms with E-state index in [-0.39, 0.29) is 11.8 Å². The molecule has 3 aromatic rings. The maximum absolute atomic E-state index is 12.3. The minimum absolute atomic E-state index is 0.0220. The fourth-order valence-electron chi connectivity index (χ4n) is 3.60. The molecular formula is C21H19N3OS. The van der Waals surface area contributed by atoms with Crippen molar-refractivity contribution >= 4 is 17.2 Å². The van der Waals surface area contributed by atoms with Crippen LogP contribution >= 0.6 is 11.3 Å². The molecule has 1 aliphatic rings. The second-order valence-corrected chi connectivity index (χ2v) is 7.73. The number of thiophene rings is 1. The number of hydrogen-bond donors (Lipinski definition) is 0. The highest BCUT2D eigenvalue weighted by Gasteiger charge is 2.31. The molecule has 0 N–H and O–H groups in total. The van der Waals surface area contributed by atoms with Gasteiger partial charge in [0.15, 0.2) is 0 Å². The standard InChI is InChI=1S/C21H19N3OS/c1-3-21(25)24-11-18(17-10-14(2)26-20(17)12-24)15-6-4-5-7-16(15)19-8-9-22-13-23-19/h3-10,13,18H,1,11-12H2,2H3/t18-/m1/s1. The summed E-state index contributed by atoms with van der Waals surface area (Å²) in [7, 11) is 0. The van der Waals surface area contributed by atoms with E-state index in [1.165, 1.54) is 27.0 Å². The molecule has 4 rings (SSSR count). The number of fused-ring (bicyclic) bond motifs is 1. The molecule has 1 atom stereocenters. The molecule has 0 spiro atoms. The second-order valence-electron chi connectivity index (χ2n) is 6.39. The molecule has 0 bridgehead atoms. The van der Waals surface area contributed by atoms with Crippen LogP contribution in [0.25, 0.3) is 11.3 Å². The Hall–Kier alpha value is -2.79. The number of nitrogens with zero attached hydrogens (tertiary/aromatic N) is 3. The summed E-state index contributed by atoms with van der Waals surface area (Å²) in [5.74, 6) is 0.102. The van der Waals surface area contributed by atoms with E-state index in [2.05, 4.69) is 41.7 Å². The van der Waals surface area contributed by atoms with Crippen molar-refractivity contribution in [2.75, 3.05) is 6.54 Å². The number of aromatic nitrogens is 2. The van der Waals surface area contributed by atoms with E-state index in [4.69, 9.17) is 0 Å². The number of carbonyl (C=O) groups excluding carboxylic acids is 1. The van der Waals surface area contributed by atoms with Crippen LogP contribution in [0, 0.1) is 6.92 Å². The third-order valence-corrected chi connectivity index (χ3v) is 5.81. The molecule has 26 heavy (non-hydrogen) atoms. The summed E-state index contributed by atoms with van der Waals surface area (Å²) < 4.78 is 0. The summed E-state index contributed by atoms with van der Waals surface area (Å²) in [6.07, 6.45) is 4.73. The van der Waals surface area contributed by atoms with E-state index in [1.807, 2.05) is 23.1 Å². The van der Waals surface area contributed by atoms with E-state index in [9.17, 15) is 4.79 Å². The molecule has 0 saturated heterocycles. The van der Waals surface area contributed by atoms with Gasteiger partial charge in [-0.1, -0.05) is 30.8 Å². The molecule has 130 valence electrons. The summed E-state index contributed by atoms with van der Waals surface area (Å²) in [5, 5.41) is 0. The van der Waals surface area contributed by atoms with Crippen LogP contribution in [0.1, 0.15) is 26.8 Å². The van der Waals surface area contributed by atoms with Gasteiger partial charge >= 0.3 is 0 Å². The lowest BCUT2D eigenvalue weighted by Gasteiger charge is -2.33. The first kappa shape index (κ1) is 16.7. The maximum Gasteiger partial charge on any atom is 0.246 e. The van der Waals surface area contributed by atoms with Gasteiger partial charge in [-0.25, -0.2) is 9.97 Å². The Labute approximate surface area is 156 Å². The van der Waals surface area contributed by atoms with Crippen molar-refractivity contribution < 1.29 is 4.79 Å². The number of amides is 1. The van der Waals surface area contributed by atoms with Crippen molar-refractivity contribution in [3.05, 3.63) is 82.5 Å². The van der Waals surface area contributed by atoms with E-state index in [0.29, 0.717) is 13.1 Å². The average Bonchev–Trinajstić information content (AvgIpc) is 3.07. The van der Waals surface area contributed by atoms with Crippen molar-refractivity contribution in [1.29, 1.82) is 0 Å². The average molecular weight is 361 g/mol. The van der Waals surface area contributed by atoms with Gasteiger partial charge in [-0.3, -0.25) is 4.79 Å². The van der Waals surface area contributed by atoms with Crippen LogP contribution in [-0.4, -0.2) is 27.3 Å². The first-order valence-corrected chi connectivity index (χ1v) is 9.35. The summed E-state index contributed by atoms with van der Waals surface area (Å²) in [6.45, 7) is 7.08. The molecule has 0 aliphatic carbocycles. The summed E-state index contributed by atoms with van der Waals surface area (Å²) >= 11 is 1.77. The molecule has 1 amide bonds. The highest BCUT2D eigenvalue weighted by molar-refractivity contribution is 7.12. The predicted octanol–water partition coefficient (Wildman–Crippen LogP) is 4.17. The monoisotopic (exact) mass is 361 g/mol. The van der Waals surface area contributed by atoms with Crippen molar-refractivity contribution in [3.63, 3.8) is 0 Å². The van der Waals surface area contributed by atoms with Crippen LogP contribution < -0.4 is 0 Å². The highest BCUT2D eigenvalue weighted by atomic mass is 32.1. The lowest BCUT2D eigenvalue weighted by molar-refractivity contribution is -0.127. The molecule has 5 heteroatoms. The van der Waals surface area contributed by atoms with E-state index < -0.39 is 0 Å². The zero-order valence-electron chi connectivity index (χ0n) is 14.6. The van der Waals surface area contributed by atoms with Gasteiger partial charge in [0, 0.05) is 34.0 Å². The van der Waals surface area contributed by atoms with Crippen molar-refractivity contribution in [3.8, 4) is 11.3 Å². The Balaban J connectivity index is 1.84. The molecular weight excluding hydrogens is 342 g/mol. The van der Waals surface area contributed by atoms with E-state index >= 15 is 0 Å². The van der Waals surface area contributed by atoms with Crippen molar-refractivity contribution in [2.45, 2.75) is 19.4 Å². The van der Waals surface area contributed by atoms with Gasteiger partial charge in [0.05, 0.1) is 12.2 Å². The quantitative estimate of drug-likeness (QED) is 0.658. The minimum atomic E-state index is -0.0220. The lowest BCUT2D eigenvalue weighted by Crippen LogP contribution is -2.37. The molecule has 2 aromatic heterocycles. The molecule has 1 aromatic carbocycles. The van der Waals surface area contributed by atoms with Gasteiger partial charge in [0.25, 0.3) is 0 Å². The number of aryl methyl sites for hydroxylation is 1. The largest absolute Gasteiger partial charge is 0.333 e. The summed E-state index contributed by atoms with van der Waals surface area (Å²) in [4.78, 5) is 25.2. The van der Waals surface area contributed by atoms with Crippen molar-refractivity contribution in [2.24, 2.45) is 0 Å². The van der Waals surface area contributed by atoms with Crippen LogP contribution in [0.2, 0.25) is 0 Å². The first-order chi connectivity index (χ1) is 12.7. The fraction of sp³-hybridized carbons (Fsp3) is 0.190. The maximum atomic E-state index is 12.3. The van der Waals surface area contributed by atoms with Crippen LogP contribution in [0.3, 0.4) is 0 Å².